The molecule has 0 aliphatic carbocycles. The van der Waals surface area contributed by atoms with E-state index < -0.39 is 0 Å². The summed E-state index contributed by atoms with van der Waals surface area (Å²) in [5.41, 5.74) is 6.64. The Morgan fingerprint density at radius 2 is 1.74 bits per heavy atom. The maximum Gasteiger partial charge on any atom is 0.194 e. The molecule has 27 heavy (non-hydrogen) atoms. The minimum Gasteiger partial charge on any atom is -1.00 e. The van der Waals surface area contributed by atoms with Gasteiger partial charge in [-0.1, -0.05) is 30.3 Å². The third kappa shape index (κ3) is 6.62. The lowest BCUT2D eigenvalue weighted by Gasteiger charge is -2.13. The lowest BCUT2D eigenvalue weighted by atomic mass is 10.1. The van der Waals surface area contributed by atoms with Gasteiger partial charge in [-0.05, 0) is 49.9 Å². The number of aliphatic imine (C=N–C) groups is 1. The summed E-state index contributed by atoms with van der Waals surface area (Å²) in [5.74, 6) is 0. The molecule has 0 aromatic heterocycles. The Hall–Kier alpha value is -1.39. The molecule has 1 aliphatic heterocycles. The zero-order valence-electron chi connectivity index (χ0n) is 16.5. The minimum atomic E-state index is 0. The number of nitrogens with one attached hydrogen (secondary N) is 1. The highest BCUT2D eigenvalue weighted by Gasteiger charge is 2.22. The van der Waals surface area contributed by atoms with Gasteiger partial charge in [0.1, 0.15) is 5.69 Å². The first-order valence-electron chi connectivity index (χ1n) is 9.52. The number of fused-ring (bicyclic) bond motifs is 1. The lowest BCUT2D eigenvalue weighted by molar-refractivity contribution is -0.733. The van der Waals surface area contributed by atoms with Crippen molar-refractivity contribution in [3.63, 3.8) is 0 Å². The summed E-state index contributed by atoms with van der Waals surface area (Å²) < 4.78 is 0. The van der Waals surface area contributed by atoms with E-state index in [-0.39, 0.29) is 24.8 Å². The van der Waals surface area contributed by atoms with Gasteiger partial charge in [0, 0.05) is 18.9 Å². The van der Waals surface area contributed by atoms with E-state index in [1.807, 2.05) is 0 Å². The number of hydrogen-bond donors (Lipinski definition) is 2. The number of quaternary nitrogens is 2. The molecule has 0 saturated heterocycles. The maximum atomic E-state index is 4.59. The Kier molecular flexibility index (Phi) is 10.0. The van der Waals surface area contributed by atoms with Crippen molar-refractivity contribution in [2.24, 2.45) is 4.99 Å². The molecule has 1 aliphatic rings. The molecule has 0 spiro atoms. The van der Waals surface area contributed by atoms with E-state index in [4.69, 9.17) is 0 Å². The van der Waals surface area contributed by atoms with Crippen LogP contribution in [0.5, 0.6) is 0 Å². The summed E-state index contributed by atoms with van der Waals surface area (Å²) in [5, 5.41) is 2.50. The predicted molar refractivity (Wildman–Crippen MR) is 105 cm³/mol. The molecule has 2 aromatic rings. The first-order chi connectivity index (χ1) is 12.1. The van der Waals surface area contributed by atoms with Gasteiger partial charge in [0.2, 0.25) is 0 Å². The molecule has 0 saturated carbocycles. The molecule has 5 heteroatoms. The van der Waals surface area contributed by atoms with Crippen molar-refractivity contribution in [3.05, 3.63) is 59.2 Å². The van der Waals surface area contributed by atoms with Gasteiger partial charge < -0.3 is 30.1 Å². The van der Waals surface area contributed by atoms with Crippen LogP contribution in [-0.4, -0.2) is 25.5 Å². The van der Waals surface area contributed by atoms with Crippen LogP contribution in [0.2, 0.25) is 0 Å². The first kappa shape index (κ1) is 23.6. The van der Waals surface area contributed by atoms with E-state index in [2.05, 4.69) is 79.9 Å². The molecule has 2 aromatic carbocycles. The summed E-state index contributed by atoms with van der Waals surface area (Å²) in [6, 6.07) is 16.0. The molecule has 3 rings (SSSR count). The van der Waals surface area contributed by atoms with Crippen molar-refractivity contribution in [2.75, 3.05) is 13.1 Å². The second kappa shape index (κ2) is 11.5. The van der Waals surface area contributed by atoms with Crippen LogP contribution >= 0.6 is 0 Å². The van der Waals surface area contributed by atoms with Gasteiger partial charge in [-0.15, -0.1) is 0 Å². The zero-order chi connectivity index (χ0) is 17.6. The topological polar surface area (TPSA) is 33.4 Å². The van der Waals surface area contributed by atoms with Gasteiger partial charge in [-0.3, -0.25) is 4.90 Å². The first-order valence-corrected chi connectivity index (χ1v) is 9.52. The van der Waals surface area contributed by atoms with Gasteiger partial charge in [-0.2, -0.15) is 4.99 Å². The second-order valence-corrected chi connectivity index (χ2v) is 7.37. The van der Waals surface area contributed by atoms with Crippen LogP contribution < -0.4 is 35.0 Å². The largest absolute Gasteiger partial charge is 1.00 e. The average Bonchev–Trinajstić information content (AvgIpc) is 3.00. The Bertz CT molecular complexity index is 732. The maximum absolute atomic E-state index is 4.59. The predicted octanol–water partition coefficient (Wildman–Crippen LogP) is -3.52. The van der Waals surface area contributed by atoms with E-state index in [1.54, 1.807) is 0 Å². The van der Waals surface area contributed by atoms with E-state index >= 15 is 0 Å². The highest BCUT2D eigenvalue weighted by Crippen LogP contribution is 2.27. The molecule has 0 amide bonds. The molecule has 2 unspecified atom stereocenters. The second-order valence-electron chi connectivity index (χ2n) is 7.37. The minimum absolute atomic E-state index is 0. The van der Waals surface area contributed by atoms with Crippen LogP contribution in [0.15, 0.2) is 47.5 Å². The van der Waals surface area contributed by atoms with Crippen molar-refractivity contribution in [1.82, 2.24) is 0 Å². The Labute approximate surface area is 176 Å². The van der Waals surface area contributed by atoms with Crippen LogP contribution in [0, 0.1) is 13.8 Å². The normalized spacial score (nSPS) is 15.6. The van der Waals surface area contributed by atoms with Crippen LogP contribution in [0.1, 0.15) is 36.5 Å². The SMILES string of the molecule is Cc1cc2c(cc1C)[NH+](CCC[NH2+]C(C)CCc1ccccc1)C=N2.[Cl-].[Cl-]. The van der Waals surface area contributed by atoms with Crippen LogP contribution in [-0.2, 0) is 6.42 Å². The zero-order valence-corrected chi connectivity index (χ0v) is 18.0. The summed E-state index contributed by atoms with van der Waals surface area (Å²) in [6.45, 7) is 9.01. The van der Waals surface area contributed by atoms with Crippen molar-refractivity contribution in [2.45, 2.75) is 46.1 Å². The number of benzene rings is 2. The van der Waals surface area contributed by atoms with E-state index in [0.717, 1.165) is 12.2 Å². The van der Waals surface area contributed by atoms with E-state index in [1.165, 1.54) is 53.1 Å². The van der Waals surface area contributed by atoms with E-state index in [9.17, 15) is 0 Å². The molecule has 3 nitrogen and oxygen atoms in total. The average molecular weight is 408 g/mol. The summed E-state index contributed by atoms with van der Waals surface area (Å²) in [7, 11) is 0. The van der Waals surface area contributed by atoms with Crippen molar-refractivity contribution in [3.8, 4) is 0 Å². The molecule has 0 bridgehead atoms. The number of nitrogens with zero attached hydrogens (tertiary/aromatic N) is 1. The standard InChI is InChI=1S/C22H29N3.2ClH/c1-17-14-21-22(15-18(17)2)25(16-24-21)13-7-12-23-19(3)10-11-20-8-5-4-6-9-20;;/h4-6,8-9,14-16,19,23H,7,10-13H2,1-3H3;2*1H. The summed E-state index contributed by atoms with van der Waals surface area (Å²) >= 11 is 0. The molecule has 2 atom stereocenters. The van der Waals surface area contributed by atoms with Crippen LogP contribution in [0.25, 0.3) is 0 Å². The van der Waals surface area contributed by atoms with Gasteiger partial charge in [-0.25, -0.2) is 0 Å². The van der Waals surface area contributed by atoms with Crippen LogP contribution in [0.4, 0.5) is 11.4 Å². The molecule has 148 valence electrons. The third-order valence-corrected chi connectivity index (χ3v) is 5.27. The molecular weight excluding hydrogens is 377 g/mol. The lowest BCUT2D eigenvalue weighted by Crippen LogP contribution is -3.05. The molecule has 3 N–H and O–H groups in total. The van der Waals surface area contributed by atoms with E-state index in [0.29, 0.717) is 6.04 Å². The smallest absolute Gasteiger partial charge is 0.194 e. The Balaban J connectivity index is 0.00000182. The summed E-state index contributed by atoms with van der Waals surface area (Å²) in [4.78, 5) is 5.99. The van der Waals surface area contributed by atoms with Crippen molar-refractivity contribution < 1.29 is 35.0 Å². The van der Waals surface area contributed by atoms with Gasteiger partial charge >= 0.3 is 0 Å². The molecule has 0 radical (unpaired) electrons. The fraction of sp³-hybridized carbons (Fsp3) is 0.409. The van der Waals surface area contributed by atoms with Gasteiger partial charge in [0.15, 0.2) is 12.0 Å². The third-order valence-electron chi connectivity index (χ3n) is 5.27. The number of halogens is 2. The molecule has 1 heterocycles. The highest BCUT2D eigenvalue weighted by molar-refractivity contribution is 5.73. The van der Waals surface area contributed by atoms with Crippen LogP contribution in [0.3, 0.4) is 0 Å². The number of hydrogen-bond acceptors (Lipinski definition) is 1. The Morgan fingerprint density at radius 1 is 1.04 bits per heavy atom. The number of rotatable bonds is 8. The fourth-order valence-electron chi connectivity index (χ4n) is 3.43. The monoisotopic (exact) mass is 407 g/mol. The van der Waals surface area contributed by atoms with Crippen molar-refractivity contribution in [1.29, 1.82) is 0 Å². The highest BCUT2D eigenvalue weighted by atomic mass is 35.5. The summed E-state index contributed by atoms with van der Waals surface area (Å²) in [6.07, 6.45) is 5.70. The number of aryl methyl sites for hydroxylation is 3. The van der Waals surface area contributed by atoms with Gasteiger partial charge in [0.25, 0.3) is 0 Å². The van der Waals surface area contributed by atoms with Gasteiger partial charge in [0.05, 0.1) is 19.1 Å². The number of nitrogens with two attached hydrogens (primary N) is 1. The molecule has 0 fully saturated rings. The Morgan fingerprint density at radius 3 is 2.48 bits per heavy atom. The van der Waals surface area contributed by atoms with Crippen molar-refractivity contribution >= 4 is 17.7 Å². The quantitative estimate of drug-likeness (QED) is 0.425. The molecular formula is C22H31Cl2N3. The fourth-order valence-corrected chi connectivity index (χ4v) is 3.43.